The SMILES string of the molecule is O=C(CSc1ccc(Cl)c(C(F)(F)F)c1)N1CCN(c2ncccn2)CC1. The molecule has 0 saturated carbocycles. The van der Waals surface area contributed by atoms with Crippen LogP contribution in [0.1, 0.15) is 5.56 Å². The Kier molecular flexibility index (Phi) is 6.11. The maximum Gasteiger partial charge on any atom is 0.417 e. The van der Waals surface area contributed by atoms with Gasteiger partial charge in [-0.1, -0.05) is 11.6 Å². The van der Waals surface area contributed by atoms with Crippen molar-refractivity contribution in [2.24, 2.45) is 0 Å². The van der Waals surface area contributed by atoms with Gasteiger partial charge in [0.15, 0.2) is 0 Å². The molecule has 1 aromatic carbocycles. The number of alkyl halides is 3. The van der Waals surface area contributed by atoms with Crippen molar-refractivity contribution < 1.29 is 18.0 Å². The van der Waals surface area contributed by atoms with Crippen LogP contribution in [0.15, 0.2) is 41.6 Å². The van der Waals surface area contributed by atoms with E-state index >= 15 is 0 Å². The van der Waals surface area contributed by atoms with E-state index < -0.39 is 11.7 Å². The normalized spacial score (nSPS) is 15.1. The average Bonchev–Trinajstić information content (AvgIpc) is 2.67. The number of aromatic nitrogens is 2. The zero-order chi connectivity index (χ0) is 19.4. The Bertz CT molecular complexity index is 799. The van der Waals surface area contributed by atoms with Gasteiger partial charge < -0.3 is 9.80 Å². The monoisotopic (exact) mass is 416 g/mol. The van der Waals surface area contributed by atoms with Gasteiger partial charge in [-0.3, -0.25) is 4.79 Å². The summed E-state index contributed by atoms with van der Waals surface area (Å²) in [5.41, 5.74) is -0.891. The number of piperazine rings is 1. The number of thioether (sulfide) groups is 1. The molecule has 1 amide bonds. The molecule has 2 aromatic rings. The fourth-order valence-corrected chi connectivity index (χ4v) is 3.72. The molecular formula is C17H16ClF3N4OS. The van der Waals surface area contributed by atoms with E-state index in [9.17, 15) is 18.0 Å². The first-order valence-corrected chi connectivity index (χ1v) is 9.50. The van der Waals surface area contributed by atoms with Crippen LogP contribution in [0.3, 0.4) is 0 Å². The largest absolute Gasteiger partial charge is 0.417 e. The standard InChI is InChI=1S/C17H16ClF3N4OS/c18-14-3-2-12(10-13(14)17(19,20)21)27-11-15(26)24-6-8-25(9-7-24)16-22-4-1-5-23-16/h1-5,10H,6-9,11H2. The van der Waals surface area contributed by atoms with E-state index in [4.69, 9.17) is 11.6 Å². The van der Waals surface area contributed by atoms with Gasteiger partial charge in [0, 0.05) is 43.5 Å². The van der Waals surface area contributed by atoms with E-state index in [1.807, 2.05) is 4.90 Å². The Morgan fingerprint density at radius 2 is 1.81 bits per heavy atom. The highest BCUT2D eigenvalue weighted by Crippen LogP contribution is 2.37. The summed E-state index contributed by atoms with van der Waals surface area (Å²) in [4.78, 5) is 24.8. The van der Waals surface area contributed by atoms with Crippen molar-refractivity contribution in [3.63, 3.8) is 0 Å². The number of anilines is 1. The number of benzene rings is 1. The number of hydrogen-bond donors (Lipinski definition) is 0. The van der Waals surface area contributed by atoms with E-state index in [0.717, 1.165) is 17.8 Å². The highest BCUT2D eigenvalue weighted by molar-refractivity contribution is 8.00. The summed E-state index contributed by atoms with van der Waals surface area (Å²) < 4.78 is 38.7. The van der Waals surface area contributed by atoms with Gasteiger partial charge in [-0.15, -0.1) is 11.8 Å². The smallest absolute Gasteiger partial charge is 0.338 e. The molecule has 0 aliphatic carbocycles. The molecule has 1 aliphatic heterocycles. The molecule has 1 fully saturated rings. The molecule has 0 bridgehead atoms. The molecule has 2 heterocycles. The summed E-state index contributed by atoms with van der Waals surface area (Å²) in [5.74, 6) is 0.581. The molecule has 144 valence electrons. The lowest BCUT2D eigenvalue weighted by molar-refractivity contribution is -0.137. The lowest BCUT2D eigenvalue weighted by Gasteiger charge is -2.34. The number of amides is 1. The molecule has 0 atom stereocenters. The van der Waals surface area contributed by atoms with Gasteiger partial charge in [0.2, 0.25) is 11.9 Å². The summed E-state index contributed by atoms with van der Waals surface area (Å²) in [6.45, 7) is 2.26. The maximum atomic E-state index is 12.9. The van der Waals surface area contributed by atoms with Gasteiger partial charge in [-0.25, -0.2) is 9.97 Å². The second-order valence-corrected chi connectivity index (χ2v) is 7.30. The average molecular weight is 417 g/mol. The molecule has 1 saturated heterocycles. The van der Waals surface area contributed by atoms with Crippen LogP contribution in [-0.2, 0) is 11.0 Å². The number of hydrogen-bond acceptors (Lipinski definition) is 5. The van der Waals surface area contributed by atoms with Crippen molar-refractivity contribution in [1.29, 1.82) is 0 Å². The first-order valence-electron chi connectivity index (χ1n) is 8.14. The quantitative estimate of drug-likeness (QED) is 0.713. The van der Waals surface area contributed by atoms with E-state index in [2.05, 4.69) is 9.97 Å². The van der Waals surface area contributed by atoms with Crippen LogP contribution < -0.4 is 4.90 Å². The molecule has 3 rings (SSSR count). The molecule has 0 unspecified atom stereocenters. The number of halogens is 4. The molecule has 5 nitrogen and oxygen atoms in total. The second-order valence-electron chi connectivity index (χ2n) is 5.84. The van der Waals surface area contributed by atoms with Gasteiger partial charge in [0.25, 0.3) is 0 Å². The molecule has 1 aromatic heterocycles. The van der Waals surface area contributed by atoms with Crippen molar-refractivity contribution >= 4 is 35.2 Å². The number of nitrogens with zero attached hydrogens (tertiary/aromatic N) is 4. The number of carbonyl (C=O) groups is 1. The Hall–Kier alpha value is -2.00. The second kappa shape index (κ2) is 8.35. The number of rotatable bonds is 4. The van der Waals surface area contributed by atoms with Crippen LogP contribution in [0.4, 0.5) is 19.1 Å². The summed E-state index contributed by atoms with van der Waals surface area (Å²) in [7, 11) is 0. The van der Waals surface area contributed by atoms with Crippen molar-refractivity contribution in [2.45, 2.75) is 11.1 Å². The Balaban J connectivity index is 1.53. The minimum atomic E-state index is -4.52. The lowest BCUT2D eigenvalue weighted by atomic mass is 10.2. The van der Waals surface area contributed by atoms with Gasteiger partial charge in [0.05, 0.1) is 16.3 Å². The van der Waals surface area contributed by atoms with E-state index in [-0.39, 0.29) is 16.7 Å². The Morgan fingerprint density at radius 1 is 1.15 bits per heavy atom. The predicted molar refractivity (Wildman–Crippen MR) is 98.0 cm³/mol. The topological polar surface area (TPSA) is 49.3 Å². The molecule has 27 heavy (non-hydrogen) atoms. The van der Waals surface area contributed by atoms with Crippen LogP contribution >= 0.6 is 23.4 Å². The molecule has 0 spiro atoms. The zero-order valence-electron chi connectivity index (χ0n) is 14.1. The minimum absolute atomic E-state index is 0.0702. The van der Waals surface area contributed by atoms with Crippen molar-refractivity contribution in [2.75, 3.05) is 36.8 Å². The van der Waals surface area contributed by atoms with Crippen molar-refractivity contribution in [3.05, 3.63) is 47.2 Å². The fourth-order valence-electron chi connectivity index (χ4n) is 2.66. The Morgan fingerprint density at radius 3 is 2.44 bits per heavy atom. The van der Waals surface area contributed by atoms with Crippen molar-refractivity contribution in [1.82, 2.24) is 14.9 Å². The van der Waals surface area contributed by atoms with Gasteiger partial charge in [-0.05, 0) is 24.3 Å². The Labute approximate surface area is 163 Å². The van der Waals surface area contributed by atoms with E-state index in [0.29, 0.717) is 37.0 Å². The van der Waals surface area contributed by atoms with E-state index in [1.54, 1.807) is 23.4 Å². The van der Waals surface area contributed by atoms with Crippen molar-refractivity contribution in [3.8, 4) is 0 Å². The van der Waals surface area contributed by atoms with E-state index in [1.165, 1.54) is 12.1 Å². The van der Waals surface area contributed by atoms with Gasteiger partial charge in [0.1, 0.15) is 0 Å². The zero-order valence-corrected chi connectivity index (χ0v) is 15.7. The van der Waals surface area contributed by atoms with Crippen LogP contribution in [0.25, 0.3) is 0 Å². The summed E-state index contributed by atoms with van der Waals surface area (Å²) in [5, 5.41) is -0.350. The highest BCUT2D eigenvalue weighted by Gasteiger charge is 2.33. The van der Waals surface area contributed by atoms with Crippen LogP contribution in [0.2, 0.25) is 5.02 Å². The van der Waals surface area contributed by atoms with Gasteiger partial charge in [-0.2, -0.15) is 13.2 Å². The molecule has 10 heteroatoms. The molecule has 0 N–H and O–H groups in total. The van der Waals surface area contributed by atoms with Crippen LogP contribution in [0, 0.1) is 0 Å². The summed E-state index contributed by atoms with van der Waals surface area (Å²) in [6, 6.07) is 5.41. The molecule has 1 aliphatic rings. The third-order valence-electron chi connectivity index (χ3n) is 4.07. The predicted octanol–water partition coefficient (Wildman–Crippen LogP) is 3.59. The third-order valence-corrected chi connectivity index (χ3v) is 5.38. The van der Waals surface area contributed by atoms with Crippen LogP contribution in [-0.4, -0.2) is 52.7 Å². The fraction of sp³-hybridized carbons (Fsp3) is 0.353. The highest BCUT2D eigenvalue weighted by atomic mass is 35.5. The third kappa shape index (κ3) is 5.04. The molecule has 0 radical (unpaired) electrons. The summed E-state index contributed by atoms with van der Waals surface area (Å²) in [6.07, 6.45) is -1.19. The summed E-state index contributed by atoms with van der Waals surface area (Å²) >= 11 is 6.68. The number of carbonyl (C=O) groups excluding carboxylic acids is 1. The van der Waals surface area contributed by atoms with Gasteiger partial charge >= 0.3 is 6.18 Å². The first-order chi connectivity index (χ1) is 12.8. The first kappa shape index (κ1) is 19.8. The molecular weight excluding hydrogens is 401 g/mol. The maximum absolute atomic E-state index is 12.9. The minimum Gasteiger partial charge on any atom is -0.338 e. The lowest BCUT2D eigenvalue weighted by Crippen LogP contribution is -2.49. The van der Waals surface area contributed by atoms with Crippen LogP contribution in [0.5, 0.6) is 0 Å².